The molecule has 0 unspecified atom stereocenters. The first-order valence-corrected chi connectivity index (χ1v) is 11.2. The molecular formula is C21H25FN2O5S. The monoisotopic (exact) mass is 436 g/mol. The van der Waals surface area contributed by atoms with E-state index in [4.69, 9.17) is 4.74 Å². The number of rotatable bonds is 8. The van der Waals surface area contributed by atoms with Crippen LogP contribution in [-0.4, -0.2) is 44.3 Å². The highest BCUT2D eigenvalue weighted by molar-refractivity contribution is 7.89. The molecule has 0 radical (unpaired) electrons. The lowest BCUT2D eigenvalue weighted by Gasteiger charge is -2.35. The average molecular weight is 437 g/mol. The normalized spacial score (nSPS) is 21.9. The van der Waals surface area contributed by atoms with Gasteiger partial charge in [0, 0.05) is 12.1 Å². The lowest BCUT2D eigenvalue weighted by molar-refractivity contribution is -0.130. The van der Waals surface area contributed by atoms with Gasteiger partial charge in [0.25, 0.3) is 0 Å². The van der Waals surface area contributed by atoms with Gasteiger partial charge >= 0.3 is 0 Å². The van der Waals surface area contributed by atoms with E-state index in [1.807, 2.05) is 0 Å². The summed E-state index contributed by atoms with van der Waals surface area (Å²) in [6.45, 7) is -0.309. The van der Waals surface area contributed by atoms with Gasteiger partial charge < -0.3 is 15.2 Å². The highest BCUT2D eigenvalue weighted by Crippen LogP contribution is 2.23. The minimum Gasteiger partial charge on any atom is -0.394 e. The maximum absolute atomic E-state index is 13.6. The van der Waals surface area contributed by atoms with E-state index >= 15 is 0 Å². The second-order valence-electron chi connectivity index (χ2n) is 7.17. The summed E-state index contributed by atoms with van der Waals surface area (Å²) in [5, 5.41) is 12.3. The Kier molecular flexibility index (Phi) is 7.54. The van der Waals surface area contributed by atoms with E-state index in [1.54, 1.807) is 36.4 Å². The van der Waals surface area contributed by atoms with E-state index in [1.165, 1.54) is 18.2 Å². The molecule has 0 aromatic heterocycles. The molecule has 1 saturated heterocycles. The van der Waals surface area contributed by atoms with Gasteiger partial charge in [-0.25, -0.2) is 17.5 Å². The standard InChI is InChI=1S/C21H25FN2O5S/c22-18-9-5-4-6-15(18)13-23-21(26)12-16-10-11-19(20(14-25)29-16)24-30(27,28)17-7-2-1-3-8-17/h1-9,16,19-20,24-25H,10-14H2,(H,23,26)/t16-,19-,20-/m0/s1. The van der Waals surface area contributed by atoms with Gasteiger partial charge in [-0.05, 0) is 31.0 Å². The van der Waals surface area contributed by atoms with Crippen molar-refractivity contribution in [2.24, 2.45) is 0 Å². The molecule has 0 bridgehead atoms. The van der Waals surface area contributed by atoms with Gasteiger partial charge in [-0.15, -0.1) is 0 Å². The Bertz CT molecular complexity index is 955. The van der Waals surface area contributed by atoms with E-state index < -0.39 is 28.3 Å². The molecule has 0 saturated carbocycles. The average Bonchev–Trinajstić information content (AvgIpc) is 2.74. The molecule has 1 amide bonds. The van der Waals surface area contributed by atoms with Crippen LogP contribution in [0.1, 0.15) is 24.8 Å². The Hall–Kier alpha value is -2.33. The molecule has 30 heavy (non-hydrogen) atoms. The topological polar surface area (TPSA) is 105 Å². The molecule has 3 N–H and O–H groups in total. The zero-order valence-electron chi connectivity index (χ0n) is 16.3. The van der Waals surface area contributed by atoms with Crippen LogP contribution in [-0.2, 0) is 26.1 Å². The molecule has 1 aliphatic heterocycles. The minimum absolute atomic E-state index is 0.0447. The van der Waals surface area contributed by atoms with Crippen LogP contribution in [0.2, 0.25) is 0 Å². The van der Waals surface area contributed by atoms with Gasteiger partial charge in [0.2, 0.25) is 15.9 Å². The summed E-state index contributed by atoms with van der Waals surface area (Å²) in [5.74, 6) is -0.691. The molecule has 1 aliphatic rings. The Morgan fingerprint density at radius 3 is 2.50 bits per heavy atom. The molecule has 3 rings (SSSR count). The van der Waals surface area contributed by atoms with E-state index in [9.17, 15) is 22.7 Å². The van der Waals surface area contributed by atoms with Crippen LogP contribution in [0.3, 0.4) is 0 Å². The summed E-state index contributed by atoms with van der Waals surface area (Å²) < 4.78 is 47.0. The third-order valence-corrected chi connectivity index (χ3v) is 6.51. The first kappa shape index (κ1) is 22.4. The number of hydrogen-bond acceptors (Lipinski definition) is 5. The Morgan fingerprint density at radius 1 is 1.10 bits per heavy atom. The van der Waals surface area contributed by atoms with Crippen molar-refractivity contribution >= 4 is 15.9 Å². The summed E-state index contributed by atoms with van der Waals surface area (Å²) in [7, 11) is -3.74. The van der Waals surface area contributed by atoms with Crippen molar-refractivity contribution in [1.29, 1.82) is 0 Å². The predicted molar refractivity (Wildman–Crippen MR) is 108 cm³/mol. The van der Waals surface area contributed by atoms with Crippen LogP contribution < -0.4 is 10.0 Å². The number of ether oxygens (including phenoxy) is 1. The molecule has 3 atom stereocenters. The van der Waals surface area contributed by atoms with E-state index in [2.05, 4.69) is 10.0 Å². The first-order valence-electron chi connectivity index (χ1n) is 9.73. The third-order valence-electron chi connectivity index (χ3n) is 5.00. The van der Waals surface area contributed by atoms with Gasteiger partial charge in [-0.2, -0.15) is 0 Å². The number of aliphatic hydroxyl groups excluding tert-OH is 1. The van der Waals surface area contributed by atoms with Crippen molar-refractivity contribution in [3.63, 3.8) is 0 Å². The number of amides is 1. The number of aliphatic hydroxyl groups is 1. The fourth-order valence-electron chi connectivity index (χ4n) is 3.40. The summed E-state index contributed by atoms with van der Waals surface area (Å²) in [6.07, 6.45) is -0.307. The van der Waals surface area contributed by atoms with Crippen molar-refractivity contribution in [3.8, 4) is 0 Å². The van der Waals surface area contributed by atoms with Gasteiger partial charge in [0.1, 0.15) is 5.82 Å². The Balaban J connectivity index is 1.52. The van der Waals surface area contributed by atoms with E-state index in [-0.39, 0.29) is 36.2 Å². The zero-order valence-corrected chi connectivity index (χ0v) is 17.1. The van der Waals surface area contributed by atoms with Gasteiger partial charge in [0.15, 0.2) is 0 Å². The third kappa shape index (κ3) is 5.85. The maximum Gasteiger partial charge on any atom is 0.240 e. The van der Waals surface area contributed by atoms with Crippen LogP contribution in [0.5, 0.6) is 0 Å². The molecule has 1 fully saturated rings. The maximum atomic E-state index is 13.6. The van der Waals surface area contributed by atoms with Gasteiger partial charge in [-0.1, -0.05) is 36.4 Å². The van der Waals surface area contributed by atoms with Crippen molar-refractivity contribution in [2.45, 2.75) is 49.0 Å². The lowest BCUT2D eigenvalue weighted by atomic mass is 9.98. The van der Waals surface area contributed by atoms with Crippen LogP contribution in [0.4, 0.5) is 4.39 Å². The lowest BCUT2D eigenvalue weighted by Crippen LogP contribution is -2.51. The number of hydrogen-bond donors (Lipinski definition) is 3. The quantitative estimate of drug-likeness (QED) is 0.585. The SMILES string of the molecule is O=C(C[C@@H]1CC[C@H](NS(=O)(=O)c2ccccc2)[C@H](CO)O1)NCc1ccccc1F. The number of carbonyl (C=O) groups excluding carboxylic acids is 1. The fourth-order valence-corrected chi connectivity index (χ4v) is 4.72. The molecule has 1 heterocycles. The van der Waals surface area contributed by atoms with Crippen LogP contribution in [0.25, 0.3) is 0 Å². The second-order valence-corrected chi connectivity index (χ2v) is 8.88. The molecule has 0 spiro atoms. The minimum atomic E-state index is -3.74. The highest BCUT2D eigenvalue weighted by atomic mass is 32.2. The summed E-state index contributed by atoms with van der Waals surface area (Å²) >= 11 is 0. The number of sulfonamides is 1. The smallest absolute Gasteiger partial charge is 0.240 e. The molecule has 2 aromatic carbocycles. The molecule has 2 aromatic rings. The number of nitrogens with one attached hydrogen (secondary N) is 2. The van der Waals surface area contributed by atoms with Crippen molar-refractivity contribution in [2.75, 3.05) is 6.61 Å². The number of carbonyl (C=O) groups is 1. The van der Waals surface area contributed by atoms with Crippen LogP contribution >= 0.6 is 0 Å². The van der Waals surface area contributed by atoms with Gasteiger partial charge in [0.05, 0.1) is 36.2 Å². The predicted octanol–water partition coefficient (Wildman–Crippen LogP) is 1.72. The van der Waals surface area contributed by atoms with Crippen LogP contribution in [0.15, 0.2) is 59.5 Å². The van der Waals surface area contributed by atoms with Gasteiger partial charge in [-0.3, -0.25) is 4.79 Å². The highest BCUT2D eigenvalue weighted by Gasteiger charge is 2.34. The van der Waals surface area contributed by atoms with E-state index in [0.717, 1.165) is 0 Å². The number of halogens is 1. The first-order chi connectivity index (χ1) is 14.4. The van der Waals surface area contributed by atoms with Crippen LogP contribution in [0, 0.1) is 5.82 Å². The molecule has 9 heteroatoms. The van der Waals surface area contributed by atoms with E-state index in [0.29, 0.717) is 18.4 Å². The second kappa shape index (κ2) is 10.1. The fraction of sp³-hybridized carbons (Fsp3) is 0.381. The van der Waals surface area contributed by atoms with Crippen molar-refractivity contribution < 1.29 is 27.4 Å². The zero-order chi connectivity index (χ0) is 21.6. The Labute approximate surface area is 175 Å². The largest absolute Gasteiger partial charge is 0.394 e. The van der Waals surface area contributed by atoms with Crippen molar-refractivity contribution in [3.05, 3.63) is 66.0 Å². The summed E-state index contributed by atoms with van der Waals surface area (Å²) in [4.78, 5) is 12.3. The van der Waals surface area contributed by atoms with Crippen molar-refractivity contribution in [1.82, 2.24) is 10.0 Å². The molecule has 0 aliphatic carbocycles. The summed E-state index contributed by atoms with van der Waals surface area (Å²) in [5.41, 5.74) is 0.388. The Morgan fingerprint density at radius 2 is 1.80 bits per heavy atom. The molecule has 162 valence electrons. The summed E-state index contributed by atoms with van der Waals surface area (Å²) in [6, 6.07) is 13.6. The molecular weight excluding hydrogens is 411 g/mol. The molecule has 7 nitrogen and oxygen atoms in total. The number of benzene rings is 2.